The Kier molecular flexibility index (Phi) is 3.67. The number of hydrogen-bond donors (Lipinski definition) is 1. The molecule has 0 unspecified atom stereocenters. The molecule has 2 aromatic rings. The van der Waals surface area contributed by atoms with Crippen LogP contribution in [0.1, 0.15) is 24.2 Å². The first kappa shape index (κ1) is 13.3. The molecular formula is C16H16O3. The normalized spacial score (nSPS) is 11.1. The molecule has 0 aromatic heterocycles. The molecule has 2 aromatic carbocycles. The van der Waals surface area contributed by atoms with Gasteiger partial charge in [-0.15, -0.1) is 0 Å². The zero-order valence-corrected chi connectivity index (χ0v) is 11.0. The minimum absolute atomic E-state index is 0.441. The SMILES string of the molecule is CC(C)(O)OC(=O)c1ccccc1-c1ccccc1. The highest BCUT2D eigenvalue weighted by atomic mass is 16.7. The van der Waals surface area contributed by atoms with E-state index < -0.39 is 11.8 Å². The molecule has 2 rings (SSSR count). The largest absolute Gasteiger partial charge is 0.430 e. The lowest BCUT2D eigenvalue weighted by molar-refractivity contribution is -0.136. The third-order valence-corrected chi connectivity index (χ3v) is 2.57. The van der Waals surface area contributed by atoms with Crippen LogP contribution in [0.2, 0.25) is 0 Å². The summed E-state index contributed by atoms with van der Waals surface area (Å²) in [5.74, 6) is -2.02. The molecule has 0 fully saturated rings. The van der Waals surface area contributed by atoms with Gasteiger partial charge in [0.25, 0.3) is 0 Å². The summed E-state index contributed by atoms with van der Waals surface area (Å²) >= 11 is 0. The first-order valence-electron chi connectivity index (χ1n) is 6.07. The maximum atomic E-state index is 12.1. The van der Waals surface area contributed by atoms with Gasteiger partial charge in [0.05, 0.1) is 5.56 Å². The molecule has 3 heteroatoms. The van der Waals surface area contributed by atoms with Crippen molar-refractivity contribution in [3.05, 3.63) is 60.2 Å². The van der Waals surface area contributed by atoms with E-state index >= 15 is 0 Å². The van der Waals surface area contributed by atoms with Crippen LogP contribution in [0.15, 0.2) is 54.6 Å². The van der Waals surface area contributed by atoms with E-state index in [0.717, 1.165) is 11.1 Å². The number of ether oxygens (including phenoxy) is 1. The van der Waals surface area contributed by atoms with Crippen molar-refractivity contribution in [2.24, 2.45) is 0 Å². The Morgan fingerprint density at radius 2 is 1.58 bits per heavy atom. The van der Waals surface area contributed by atoms with Gasteiger partial charge in [-0.05, 0) is 17.2 Å². The molecule has 0 heterocycles. The van der Waals surface area contributed by atoms with Gasteiger partial charge in [-0.2, -0.15) is 0 Å². The molecule has 1 N–H and O–H groups in total. The lowest BCUT2D eigenvalue weighted by Crippen LogP contribution is -2.27. The molecule has 0 aliphatic carbocycles. The standard InChI is InChI=1S/C16H16O3/c1-16(2,18)19-15(17)14-11-7-6-10-13(14)12-8-4-3-5-9-12/h3-11,18H,1-2H3. The third-order valence-electron chi connectivity index (χ3n) is 2.57. The Balaban J connectivity index is 2.40. The van der Waals surface area contributed by atoms with Gasteiger partial charge in [0.15, 0.2) is 0 Å². The summed E-state index contributed by atoms with van der Waals surface area (Å²) in [7, 11) is 0. The van der Waals surface area contributed by atoms with Crippen LogP contribution in [-0.2, 0) is 4.74 Å². The molecule has 98 valence electrons. The number of carbonyl (C=O) groups is 1. The fraction of sp³-hybridized carbons (Fsp3) is 0.188. The van der Waals surface area contributed by atoms with E-state index in [2.05, 4.69) is 0 Å². The second-order valence-corrected chi connectivity index (χ2v) is 4.75. The van der Waals surface area contributed by atoms with Crippen LogP contribution in [0.5, 0.6) is 0 Å². The zero-order chi connectivity index (χ0) is 13.9. The van der Waals surface area contributed by atoms with Crippen molar-refractivity contribution in [2.75, 3.05) is 0 Å². The van der Waals surface area contributed by atoms with E-state index in [-0.39, 0.29) is 0 Å². The monoisotopic (exact) mass is 256 g/mol. The minimum Gasteiger partial charge on any atom is -0.430 e. The molecule has 19 heavy (non-hydrogen) atoms. The Morgan fingerprint density at radius 1 is 1.00 bits per heavy atom. The number of aliphatic hydroxyl groups is 1. The fourth-order valence-electron chi connectivity index (χ4n) is 1.81. The molecule has 0 atom stereocenters. The first-order chi connectivity index (χ1) is 8.97. The molecule has 0 saturated heterocycles. The second kappa shape index (κ2) is 5.24. The Labute approximate surface area is 112 Å². The number of esters is 1. The van der Waals surface area contributed by atoms with Crippen molar-refractivity contribution in [1.29, 1.82) is 0 Å². The summed E-state index contributed by atoms with van der Waals surface area (Å²) in [4.78, 5) is 12.1. The van der Waals surface area contributed by atoms with Crippen molar-refractivity contribution in [3.63, 3.8) is 0 Å². The van der Waals surface area contributed by atoms with Crippen LogP contribution in [0.3, 0.4) is 0 Å². The quantitative estimate of drug-likeness (QED) is 0.677. The van der Waals surface area contributed by atoms with E-state index in [1.807, 2.05) is 42.5 Å². The third kappa shape index (κ3) is 3.42. The van der Waals surface area contributed by atoms with E-state index in [9.17, 15) is 9.90 Å². The van der Waals surface area contributed by atoms with Crippen LogP contribution in [0, 0.1) is 0 Å². The summed E-state index contributed by atoms with van der Waals surface area (Å²) in [5.41, 5.74) is 2.17. The highest BCUT2D eigenvalue weighted by molar-refractivity contribution is 5.97. The molecule has 3 nitrogen and oxygen atoms in total. The molecule has 0 amide bonds. The van der Waals surface area contributed by atoms with Crippen molar-refractivity contribution in [2.45, 2.75) is 19.6 Å². The van der Waals surface area contributed by atoms with Gasteiger partial charge in [-0.1, -0.05) is 48.5 Å². The first-order valence-corrected chi connectivity index (χ1v) is 6.07. The van der Waals surface area contributed by atoms with E-state index in [0.29, 0.717) is 5.56 Å². The van der Waals surface area contributed by atoms with Crippen LogP contribution in [-0.4, -0.2) is 16.9 Å². The highest BCUT2D eigenvalue weighted by Crippen LogP contribution is 2.24. The van der Waals surface area contributed by atoms with Gasteiger partial charge < -0.3 is 9.84 Å². The topological polar surface area (TPSA) is 46.5 Å². The van der Waals surface area contributed by atoms with Gasteiger partial charge in [0.2, 0.25) is 5.79 Å². The predicted octanol–water partition coefficient (Wildman–Crippen LogP) is 3.24. The average Bonchev–Trinajstić information content (AvgIpc) is 2.38. The maximum absolute atomic E-state index is 12.1. The van der Waals surface area contributed by atoms with E-state index in [1.54, 1.807) is 12.1 Å². The van der Waals surface area contributed by atoms with E-state index in [1.165, 1.54) is 13.8 Å². The molecule has 0 spiro atoms. The highest BCUT2D eigenvalue weighted by Gasteiger charge is 2.21. The van der Waals surface area contributed by atoms with Gasteiger partial charge in [0, 0.05) is 13.8 Å². The molecule has 0 aliphatic rings. The minimum atomic E-state index is -1.49. The Bertz CT molecular complexity index is 568. The summed E-state index contributed by atoms with van der Waals surface area (Å²) in [5, 5.41) is 9.57. The number of carbonyl (C=O) groups excluding carboxylic acids is 1. The lowest BCUT2D eigenvalue weighted by Gasteiger charge is -2.19. The Hall–Kier alpha value is -2.13. The predicted molar refractivity (Wildman–Crippen MR) is 73.6 cm³/mol. The van der Waals surface area contributed by atoms with Gasteiger partial charge in [0.1, 0.15) is 0 Å². The summed E-state index contributed by atoms with van der Waals surface area (Å²) in [6.07, 6.45) is 0. The van der Waals surface area contributed by atoms with Crippen molar-refractivity contribution < 1.29 is 14.6 Å². The molecular weight excluding hydrogens is 240 g/mol. The van der Waals surface area contributed by atoms with Gasteiger partial charge in [-0.25, -0.2) is 4.79 Å². The van der Waals surface area contributed by atoms with Gasteiger partial charge >= 0.3 is 5.97 Å². The molecule has 0 saturated carbocycles. The van der Waals surface area contributed by atoms with E-state index in [4.69, 9.17) is 4.74 Å². The van der Waals surface area contributed by atoms with Crippen LogP contribution < -0.4 is 0 Å². The van der Waals surface area contributed by atoms with Crippen molar-refractivity contribution in [1.82, 2.24) is 0 Å². The van der Waals surface area contributed by atoms with Gasteiger partial charge in [-0.3, -0.25) is 0 Å². The van der Waals surface area contributed by atoms with Crippen molar-refractivity contribution >= 4 is 5.97 Å². The van der Waals surface area contributed by atoms with Crippen molar-refractivity contribution in [3.8, 4) is 11.1 Å². The summed E-state index contributed by atoms with van der Waals surface area (Å²) < 4.78 is 5.00. The zero-order valence-electron chi connectivity index (χ0n) is 11.0. The Morgan fingerprint density at radius 3 is 2.21 bits per heavy atom. The average molecular weight is 256 g/mol. The summed E-state index contributed by atoms with van der Waals surface area (Å²) in [6.45, 7) is 2.85. The van der Waals surface area contributed by atoms with Crippen LogP contribution >= 0.6 is 0 Å². The molecule has 0 bridgehead atoms. The number of hydrogen-bond acceptors (Lipinski definition) is 3. The fourth-order valence-corrected chi connectivity index (χ4v) is 1.81. The number of benzene rings is 2. The maximum Gasteiger partial charge on any atom is 0.341 e. The van der Waals surface area contributed by atoms with Crippen LogP contribution in [0.4, 0.5) is 0 Å². The second-order valence-electron chi connectivity index (χ2n) is 4.75. The lowest BCUT2D eigenvalue weighted by atomic mass is 10.00. The molecule has 0 radical (unpaired) electrons. The number of rotatable bonds is 3. The van der Waals surface area contributed by atoms with Crippen LogP contribution in [0.25, 0.3) is 11.1 Å². The summed E-state index contributed by atoms with van der Waals surface area (Å²) in [6, 6.07) is 16.8. The molecule has 0 aliphatic heterocycles. The smallest absolute Gasteiger partial charge is 0.341 e.